The maximum atomic E-state index is 6.36. The fourth-order valence-electron chi connectivity index (χ4n) is 7.90. The van der Waals surface area contributed by atoms with Gasteiger partial charge in [0.1, 0.15) is 11.2 Å². The fourth-order valence-corrected chi connectivity index (χ4v) is 7.90. The Hall–Kier alpha value is -6.12. The number of hydrogen-bond acceptors (Lipinski definition) is 1. The average Bonchev–Trinajstić information content (AvgIpc) is 3.76. The minimum Gasteiger partial charge on any atom is -0.455 e. The maximum absolute atomic E-state index is 6.36. The van der Waals surface area contributed by atoms with E-state index in [0.717, 1.165) is 33.1 Å². The van der Waals surface area contributed by atoms with Crippen LogP contribution in [-0.4, -0.2) is 4.40 Å². The number of hydrogen-bond donors (Lipinski definition) is 0. The quantitative estimate of drug-likeness (QED) is 0.198. The van der Waals surface area contributed by atoms with Crippen molar-refractivity contribution >= 4 is 81.6 Å². The van der Waals surface area contributed by atoms with Crippen LogP contribution in [0.3, 0.4) is 0 Å². The van der Waals surface area contributed by atoms with Gasteiger partial charge < -0.3 is 8.82 Å². The zero-order valence-electron chi connectivity index (χ0n) is 24.8. The molecule has 11 aromatic rings. The van der Waals surface area contributed by atoms with E-state index >= 15 is 0 Å². The molecule has 0 aliphatic carbocycles. The van der Waals surface area contributed by atoms with Gasteiger partial charge in [-0.05, 0) is 80.7 Å². The summed E-state index contributed by atoms with van der Waals surface area (Å²) in [6.07, 6.45) is 0. The predicted octanol–water partition coefficient (Wildman–Crippen LogP) is 12.4. The zero-order chi connectivity index (χ0) is 29.9. The van der Waals surface area contributed by atoms with Crippen LogP contribution in [0.1, 0.15) is 0 Å². The van der Waals surface area contributed by atoms with E-state index in [-0.39, 0.29) is 0 Å². The molecule has 46 heavy (non-hydrogen) atoms. The van der Waals surface area contributed by atoms with Crippen molar-refractivity contribution in [2.45, 2.75) is 0 Å². The van der Waals surface area contributed by atoms with Gasteiger partial charge in [0, 0.05) is 37.9 Å². The molecule has 0 amide bonds. The van der Waals surface area contributed by atoms with E-state index in [2.05, 4.69) is 144 Å². The average molecular weight is 584 g/mol. The van der Waals surface area contributed by atoms with Crippen molar-refractivity contribution in [1.82, 2.24) is 4.40 Å². The van der Waals surface area contributed by atoms with Crippen LogP contribution in [-0.2, 0) is 0 Å². The largest absolute Gasteiger partial charge is 0.455 e. The van der Waals surface area contributed by atoms with Crippen LogP contribution >= 0.6 is 0 Å². The van der Waals surface area contributed by atoms with Crippen molar-refractivity contribution < 1.29 is 4.42 Å². The normalized spacial score (nSPS) is 12.3. The Morgan fingerprint density at radius 3 is 1.57 bits per heavy atom. The van der Waals surface area contributed by atoms with E-state index < -0.39 is 0 Å². The van der Waals surface area contributed by atoms with Gasteiger partial charge >= 0.3 is 0 Å². The van der Waals surface area contributed by atoms with Crippen molar-refractivity contribution in [3.63, 3.8) is 0 Å². The summed E-state index contributed by atoms with van der Waals surface area (Å²) in [5, 5.41) is 12.6. The van der Waals surface area contributed by atoms with Gasteiger partial charge in [-0.1, -0.05) is 109 Å². The molecule has 2 nitrogen and oxygen atoms in total. The van der Waals surface area contributed by atoms with Crippen LogP contribution < -0.4 is 0 Å². The summed E-state index contributed by atoms with van der Waals surface area (Å²) in [5.41, 5.74) is 10.4. The Balaban J connectivity index is 1.16. The number of rotatable bonds is 2. The molecule has 0 aliphatic rings. The molecule has 8 aromatic carbocycles. The highest BCUT2D eigenvalue weighted by molar-refractivity contribution is 6.27. The minimum absolute atomic E-state index is 0.924. The molecule has 0 bridgehead atoms. The molecule has 0 saturated carbocycles. The molecule has 0 saturated heterocycles. The standard InChI is InChI=1S/C44H25NO/c1-3-10-30-24-40-36(20-28(30)8-1)38-22-32(23-39-37-21-29-9-2-4-11-31(29)25-41(37)45(40)43(38)39)26-16-18-27(19-17-26)33-13-7-14-35-34-12-5-6-15-42(34)46-44(33)35/h1-25H. The van der Waals surface area contributed by atoms with Gasteiger partial charge in [-0.15, -0.1) is 0 Å². The van der Waals surface area contributed by atoms with E-state index in [0.29, 0.717) is 0 Å². The third kappa shape index (κ3) is 3.20. The predicted molar refractivity (Wildman–Crippen MR) is 194 cm³/mol. The maximum Gasteiger partial charge on any atom is 0.143 e. The van der Waals surface area contributed by atoms with Crippen LogP contribution in [0.25, 0.3) is 104 Å². The second kappa shape index (κ2) is 8.74. The van der Waals surface area contributed by atoms with Crippen molar-refractivity contribution in [3.8, 4) is 22.3 Å². The van der Waals surface area contributed by atoms with Gasteiger partial charge in [0.25, 0.3) is 0 Å². The fraction of sp³-hybridized carbons (Fsp3) is 0. The molecule has 2 heteroatoms. The van der Waals surface area contributed by atoms with Crippen molar-refractivity contribution in [2.24, 2.45) is 0 Å². The summed E-state index contributed by atoms with van der Waals surface area (Å²) >= 11 is 0. The van der Waals surface area contributed by atoms with Crippen LogP contribution in [0.5, 0.6) is 0 Å². The van der Waals surface area contributed by atoms with Crippen LogP contribution in [0.2, 0.25) is 0 Å². The van der Waals surface area contributed by atoms with E-state index in [1.807, 2.05) is 12.1 Å². The van der Waals surface area contributed by atoms with E-state index in [9.17, 15) is 0 Å². The molecule has 0 radical (unpaired) electrons. The lowest BCUT2D eigenvalue weighted by molar-refractivity contribution is 0.670. The Bertz CT molecular complexity index is 2890. The Morgan fingerprint density at radius 1 is 0.370 bits per heavy atom. The lowest BCUT2D eigenvalue weighted by atomic mass is 9.96. The first kappa shape index (κ1) is 24.2. The summed E-state index contributed by atoms with van der Waals surface area (Å²) < 4.78 is 8.86. The highest BCUT2D eigenvalue weighted by Gasteiger charge is 2.20. The molecule has 0 spiro atoms. The van der Waals surface area contributed by atoms with E-state index in [1.54, 1.807) is 0 Å². The second-order valence-electron chi connectivity index (χ2n) is 12.5. The van der Waals surface area contributed by atoms with Gasteiger partial charge in [0.05, 0.1) is 16.6 Å². The Morgan fingerprint density at radius 2 is 0.913 bits per heavy atom. The molecular formula is C44H25NO. The molecule has 0 aliphatic heterocycles. The molecule has 0 N–H and O–H groups in total. The second-order valence-corrected chi connectivity index (χ2v) is 12.5. The first-order chi connectivity index (χ1) is 22.8. The third-order valence-corrected chi connectivity index (χ3v) is 10.1. The molecule has 212 valence electrons. The van der Waals surface area contributed by atoms with Gasteiger partial charge in [0.2, 0.25) is 0 Å². The summed E-state index contributed by atoms with van der Waals surface area (Å²) in [6, 6.07) is 55.4. The monoisotopic (exact) mass is 583 g/mol. The first-order valence-corrected chi connectivity index (χ1v) is 15.8. The molecule has 11 rings (SSSR count). The van der Waals surface area contributed by atoms with Crippen LogP contribution in [0.4, 0.5) is 0 Å². The molecule has 0 fully saturated rings. The topological polar surface area (TPSA) is 17.6 Å². The number of nitrogens with zero attached hydrogens (tertiary/aromatic N) is 1. The molecule has 3 heterocycles. The highest BCUT2D eigenvalue weighted by Crippen LogP contribution is 2.44. The van der Waals surface area contributed by atoms with Gasteiger partial charge in [-0.2, -0.15) is 0 Å². The van der Waals surface area contributed by atoms with E-state index in [4.69, 9.17) is 4.42 Å². The first-order valence-electron chi connectivity index (χ1n) is 15.8. The summed E-state index contributed by atoms with van der Waals surface area (Å²) in [5.74, 6) is 0. The summed E-state index contributed by atoms with van der Waals surface area (Å²) in [6.45, 7) is 0. The molecule has 0 unspecified atom stereocenters. The van der Waals surface area contributed by atoms with Gasteiger partial charge in [-0.25, -0.2) is 0 Å². The lowest BCUT2D eigenvalue weighted by Crippen LogP contribution is -1.82. The summed E-state index contributed by atoms with van der Waals surface area (Å²) in [4.78, 5) is 0. The van der Waals surface area contributed by atoms with Crippen molar-refractivity contribution in [1.29, 1.82) is 0 Å². The number of fused-ring (bicyclic) bond motifs is 11. The molecule has 0 atom stereocenters. The molecule has 3 aromatic heterocycles. The minimum atomic E-state index is 0.924. The van der Waals surface area contributed by atoms with Crippen LogP contribution in [0, 0.1) is 0 Å². The number of aromatic nitrogens is 1. The van der Waals surface area contributed by atoms with Crippen molar-refractivity contribution in [2.75, 3.05) is 0 Å². The van der Waals surface area contributed by atoms with Gasteiger partial charge in [0.15, 0.2) is 0 Å². The number of para-hydroxylation sites is 2. The zero-order valence-corrected chi connectivity index (χ0v) is 24.8. The number of furan rings is 1. The molecular weight excluding hydrogens is 558 g/mol. The van der Waals surface area contributed by atoms with E-state index in [1.165, 1.54) is 70.8 Å². The summed E-state index contributed by atoms with van der Waals surface area (Å²) in [7, 11) is 0. The van der Waals surface area contributed by atoms with Crippen LogP contribution in [0.15, 0.2) is 156 Å². The highest BCUT2D eigenvalue weighted by atomic mass is 16.3. The Labute approximate surface area is 263 Å². The number of benzene rings is 8. The Kier molecular flexibility index (Phi) is 4.61. The van der Waals surface area contributed by atoms with Gasteiger partial charge in [-0.3, -0.25) is 0 Å². The van der Waals surface area contributed by atoms with Crippen molar-refractivity contribution in [3.05, 3.63) is 152 Å². The lowest BCUT2D eigenvalue weighted by Gasteiger charge is -2.08. The smallest absolute Gasteiger partial charge is 0.143 e. The SMILES string of the molecule is c1ccc2cc3c(cc2c1)c1cc(-c2ccc(-c4cccc5c4oc4ccccc45)cc2)cc2c4cc5ccccc5cc4n3c12. The third-order valence-electron chi connectivity index (χ3n) is 10.1.